The molecule has 0 saturated heterocycles. The van der Waals surface area contributed by atoms with Gasteiger partial charge in [-0.3, -0.25) is 9.59 Å². The van der Waals surface area contributed by atoms with E-state index in [4.69, 9.17) is 12.2 Å². The second-order valence-electron chi connectivity index (χ2n) is 7.92. The molecular weight excluding hydrogens is 418 g/mol. The summed E-state index contributed by atoms with van der Waals surface area (Å²) in [5, 5.41) is 8.92. The molecule has 32 heavy (non-hydrogen) atoms. The number of anilines is 2. The maximum absolute atomic E-state index is 13.1. The molecule has 0 aliphatic heterocycles. The number of rotatable bonds is 7. The lowest BCUT2D eigenvalue weighted by molar-refractivity contribution is -0.120. The molecule has 3 aromatic carbocycles. The Morgan fingerprint density at radius 1 is 0.750 bits per heavy atom. The molecule has 3 rings (SSSR count). The van der Waals surface area contributed by atoms with Crippen LogP contribution >= 0.6 is 12.2 Å². The fourth-order valence-corrected chi connectivity index (χ4v) is 3.57. The molecule has 0 heterocycles. The van der Waals surface area contributed by atoms with Crippen LogP contribution in [0.1, 0.15) is 37.3 Å². The Morgan fingerprint density at radius 2 is 1.22 bits per heavy atom. The minimum Gasteiger partial charge on any atom is -0.332 e. The van der Waals surface area contributed by atoms with Crippen molar-refractivity contribution in [1.29, 1.82) is 0 Å². The van der Waals surface area contributed by atoms with Crippen molar-refractivity contribution >= 4 is 40.5 Å². The molecule has 0 saturated carbocycles. The molecule has 0 unspecified atom stereocenters. The quantitative estimate of drug-likeness (QED) is 0.431. The second kappa shape index (κ2) is 11.2. The van der Waals surface area contributed by atoms with Gasteiger partial charge in [0.2, 0.25) is 11.8 Å². The van der Waals surface area contributed by atoms with Gasteiger partial charge >= 0.3 is 0 Å². The standard InChI is InChI=1S/C26H27N3O2S/c1-18(2)17-23(30)27-21-13-15-22(16-14-21)28-26(32)29-25(31)24(19-9-5-3-6-10-19)20-11-7-4-8-12-20/h3-16,18,24H,17H2,1-2H3,(H,27,30)(H2,28,29,31,32). The first-order valence-electron chi connectivity index (χ1n) is 10.5. The van der Waals surface area contributed by atoms with Crippen LogP contribution in [0.5, 0.6) is 0 Å². The van der Waals surface area contributed by atoms with Crippen molar-refractivity contribution in [3.8, 4) is 0 Å². The van der Waals surface area contributed by atoms with Crippen molar-refractivity contribution in [3.05, 3.63) is 96.1 Å². The van der Waals surface area contributed by atoms with Crippen LogP contribution in [0.15, 0.2) is 84.9 Å². The first-order chi connectivity index (χ1) is 15.4. The molecule has 0 spiro atoms. The third-order valence-electron chi connectivity index (χ3n) is 4.78. The Balaban J connectivity index is 1.64. The van der Waals surface area contributed by atoms with E-state index in [0.717, 1.165) is 11.1 Å². The van der Waals surface area contributed by atoms with Crippen LogP contribution in [0, 0.1) is 5.92 Å². The summed E-state index contributed by atoms with van der Waals surface area (Å²) in [6, 6.07) is 26.4. The molecule has 0 bridgehead atoms. The third-order valence-corrected chi connectivity index (χ3v) is 4.99. The number of thiocarbonyl (C=S) groups is 1. The van der Waals surface area contributed by atoms with Crippen LogP contribution in [0.25, 0.3) is 0 Å². The van der Waals surface area contributed by atoms with E-state index in [0.29, 0.717) is 23.7 Å². The summed E-state index contributed by atoms with van der Waals surface area (Å²) in [6.45, 7) is 4.00. The Labute approximate surface area is 194 Å². The molecule has 0 aliphatic rings. The molecule has 0 aliphatic carbocycles. The minimum absolute atomic E-state index is 0.0173. The first-order valence-corrected chi connectivity index (χ1v) is 10.9. The average Bonchev–Trinajstić information content (AvgIpc) is 2.76. The van der Waals surface area contributed by atoms with E-state index >= 15 is 0 Å². The topological polar surface area (TPSA) is 70.2 Å². The lowest BCUT2D eigenvalue weighted by Gasteiger charge is -2.18. The SMILES string of the molecule is CC(C)CC(=O)Nc1ccc(NC(=S)NC(=O)C(c2ccccc2)c2ccccc2)cc1. The van der Waals surface area contributed by atoms with Gasteiger partial charge in [-0.05, 0) is 53.5 Å². The van der Waals surface area contributed by atoms with Crippen LogP contribution in [-0.2, 0) is 9.59 Å². The van der Waals surface area contributed by atoms with E-state index in [2.05, 4.69) is 16.0 Å². The van der Waals surface area contributed by atoms with Gasteiger partial charge in [0.1, 0.15) is 0 Å². The largest absolute Gasteiger partial charge is 0.332 e. The number of hydrogen-bond donors (Lipinski definition) is 3. The van der Waals surface area contributed by atoms with Crippen molar-refractivity contribution in [1.82, 2.24) is 5.32 Å². The molecule has 0 radical (unpaired) electrons. The van der Waals surface area contributed by atoms with Gasteiger partial charge < -0.3 is 16.0 Å². The van der Waals surface area contributed by atoms with Gasteiger partial charge in [-0.25, -0.2) is 0 Å². The van der Waals surface area contributed by atoms with Crippen LogP contribution in [0.3, 0.4) is 0 Å². The number of carbonyl (C=O) groups excluding carboxylic acids is 2. The van der Waals surface area contributed by atoms with E-state index < -0.39 is 5.92 Å². The van der Waals surface area contributed by atoms with E-state index in [1.54, 1.807) is 24.3 Å². The van der Waals surface area contributed by atoms with Crippen LogP contribution in [0.4, 0.5) is 11.4 Å². The first kappa shape index (κ1) is 23.2. The molecule has 6 heteroatoms. The molecule has 0 fully saturated rings. The van der Waals surface area contributed by atoms with Crippen molar-refractivity contribution < 1.29 is 9.59 Å². The number of hydrogen-bond acceptors (Lipinski definition) is 3. The summed E-state index contributed by atoms with van der Waals surface area (Å²) >= 11 is 5.37. The summed E-state index contributed by atoms with van der Waals surface area (Å²) in [5.74, 6) is -0.406. The van der Waals surface area contributed by atoms with E-state index in [1.807, 2.05) is 74.5 Å². The predicted octanol–water partition coefficient (Wildman–Crippen LogP) is 5.32. The maximum Gasteiger partial charge on any atom is 0.238 e. The third kappa shape index (κ3) is 6.75. The Morgan fingerprint density at radius 3 is 1.69 bits per heavy atom. The number of amides is 2. The van der Waals surface area contributed by atoms with Crippen LogP contribution in [0.2, 0.25) is 0 Å². The zero-order valence-corrected chi connectivity index (χ0v) is 19.0. The van der Waals surface area contributed by atoms with Crippen LogP contribution < -0.4 is 16.0 Å². The lowest BCUT2D eigenvalue weighted by atomic mass is 9.90. The molecule has 0 atom stereocenters. The highest BCUT2D eigenvalue weighted by atomic mass is 32.1. The Kier molecular flexibility index (Phi) is 8.11. The van der Waals surface area contributed by atoms with Crippen LogP contribution in [-0.4, -0.2) is 16.9 Å². The van der Waals surface area contributed by atoms with Crippen molar-refractivity contribution in [2.24, 2.45) is 5.92 Å². The fourth-order valence-electron chi connectivity index (χ4n) is 3.35. The van der Waals surface area contributed by atoms with Gasteiger partial charge in [0, 0.05) is 17.8 Å². The van der Waals surface area contributed by atoms with Gasteiger partial charge in [0.05, 0.1) is 5.92 Å². The molecule has 3 N–H and O–H groups in total. The highest BCUT2D eigenvalue weighted by Crippen LogP contribution is 2.25. The smallest absolute Gasteiger partial charge is 0.238 e. The second-order valence-corrected chi connectivity index (χ2v) is 8.33. The highest BCUT2D eigenvalue weighted by molar-refractivity contribution is 7.80. The van der Waals surface area contributed by atoms with Gasteiger partial charge in [-0.15, -0.1) is 0 Å². The summed E-state index contributed by atoms with van der Waals surface area (Å²) in [5.41, 5.74) is 3.21. The summed E-state index contributed by atoms with van der Waals surface area (Å²) in [6.07, 6.45) is 0.472. The summed E-state index contributed by atoms with van der Waals surface area (Å²) in [4.78, 5) is 25.0. The zero-order chi connectivity index (χ0) is 22.9. The van der Waals surface area contributed by atoms with Gasteiger partial charge in [-0.2, -0.15) is 0 Å². The molecule has 0 aromatic heterocycles. The fraction of sp³-hybridized carbons (Fsp3) is 0.192. The highest BCUT2D eigenvalue weighted by Gasteiger charge is 2.23. The van der Waals surface area contributed by atoms with Crippen molar-refractivity contribution in [2.45, 2.75) is 26.2 Å². The lowest BCUT2D eigenvalue weighted by Crippen LogP contribution is -2.37. The molecular formula is C26H27N3O2S. The normalized spacial score (nSPS) is 10.6. The summed E-state index contributed by atoms with van der Waals surface area (Å²) in [7, 11) is 0. The number of nitrogens with one attached hydrogen (secondary N) is 3. The summed E-state index contributed by atoms with van der Waals surface area (Å²) < 4.78 is 0. The van der Waals surface area contributed by atoms with Gasteiger partial charge in [0.25, 0.3) is 0 Å². The minimum atomic E-state index is -0.476. The number of carbonyl (C=O) groups is 2. The predicted molar refractivity (Wildman–Crippen MR) is 134 cm³/mol. The molecule has 2 amide bonds. The van der Waals surface area contributed by atoms with Crippen molar-refractivity contribution in [3.63, 3.8) is 0 Å². The maximum atomic E-state index is 13.1. The molecule has 3 aromatic rings. The molecule has 164 valence electrons. The monoisotopic (exact) mass is 445 g/mol. The average molecular weight is 446 g/mol. The number of benzene rings is 3. The van der Waals surface area contributed by atoms with Gasteiger partial charge in [0.15, 0.2) is 5.11 Å². The van der Waals surface area contributed by atoms with E-state index in [9.17, 15) is 9.59 Å². The Bertz CT molecular complexity index is 1010. The zero-order valence-electron chi connectivity index (χ0n) is 18.2. The van der Waals surface area contributed by atoms with E-state index in [1.165, 1.54) is 0 Å². The van der Waals surface area contributed by atoms with Crippen molar-refractivity contribution in [2.75, 3.05) is 10.6 Å². The van der Waals surface area contributed by atoms with E-state index in [-0.39, 0.29) is 16.9 Å². The van der Waals surface area contributed by atoms with Gasteiger partial charge in [-0.1, -0.05) is 74.5 Å². The molecule has 5 nitrogen and oxygen atoms in total. The Hall–Kier alpha value is -3.51.